The Morgan fingerprint density at radius 1 is 0.571 bits per heavy atom. The molecule has 1 atom stereocenters. The zero-order chi connectivity index (χ0) is 29.5. The number of hydrogen-bond acceptors (Lipinski definition) is 2. The van der Waals surface area contributed by atoms with E-state index in [0.717, 1.165) is 22.6 Å². The molecule has 0 aliphatic heterocycles. The fourth-order valence-corrected chi connectivity index (χ4v) is 5.95. The average Bonchev–Trinajstić information content (AvgIpc) is 2.99. The molecule has 42 heavy (non-hydrogen) atoms. The summed E-state index contributed by atoms with van der Waals surface area (Å²) < 4.78 is 0. The van der Waals surface area contributed by atoms with E-state index in [9.17, 15) is 0 Å². The van der Waals surface area contributed by atoms with Gasteiger partial charge in [0.1, 0.15) is 0 Å². The van der Waals surface area contributed by atoms with E-state index in [4.69, 9.17) is 4.98 Å². The van der Waals surface area contributed by atoms with E-state index in [2.05, 4.69) is 168 Å². The van der Waals surface area contributed by atoms with E-state index in [-0.39, 0.29) is 16.9 Å². The van der Waals surface area contributed by atoms with Crippen LogP contribution in [0.4, 0.5) is 5.69 Å². The average molecular weight is 549 g/mol. The van der Waals surface area contributed by atoms with Crippen LogP contribution < -0.4 is 5.32 Å². The first kappa shape index (κ1) is 27.7. The smallest absolute Gasteiger partial charge is 0.0946 e. The molecule has 0 saturated heterocycles. The van der Waals surface area contributed by atoms with Crippen molar-refractivity contribution in [2.24, 2.45) is 0 Å². The van der Waals surface area contributed by atoms with E-state index in [1.165, 1.54) is 38.2 Å². The second kappa shape index (κ2) is 10.8. The molecule has 0 bridgehead atoms. The van der Waals surface area contributed by atoms with Gasteiger partial charge < -0.3 is 5.32 Å². The predicted octanol–water partition coefficient (Wildman–Crippen LogP) is 10.9. The molecule has 1 aromatic heterocycles. The highest BCUT2D eigenvalue weighted by atomic mass is 15.0. The van der Waals surface area contributed by atoms with Gasteiger partial charge in [-0.1, -0.05) is 139 Å². The first-order valence-corrected chi connectivity index (χ1v) is 14.9. The number of pyridine rings is 1. The lowest BCUT2D eigenvalue weighted by molar-refractivity contribution is 0.577. The van der Waals surface area contributed by atoms with Gasteiger partial charge in [0, 0.05) is 11.3 Å². The van der Waals surface area contributed by atoms with E-state index in [0.29, 0.717) is 0 Å². The number of nitrogens with one attached hydrogen (secondary N) is 1. The van der Waals surface area contributed by atoms with Gasteiger partial charge in [0.2, 0.25) is 0 Å². The van der Waals surface area contributed by atoms with Gasteiger partial charge in [0.15, 0.2) is 0 Å². The molecule has 1 unspecified atom stereocenters. The summed E-state index contributed by atoms with van der Waals surface area (Å²) in [6.45, 7) is 13.7. The minimum atomic E-state index is -0.167. The zero-order valence-electron chi connectivity index (χ0n) is 25.6. The maximum Gasteiger partial charge on any atom is 0.0946 e. The normalized spacial score (nSPS) is 12.9. The quantitative estimate of drug-likeness (QED) is 0.217. The molecular formula is C40H40N2. The highest BCUT2D eigenvalue weighted by Gasteiger charge is 2.26. The Hall–Kier alpha value is -4.43. The molecule has 1 N–H and O–H groups in total. The van der Waals surface area contributed by atoms with Crippen molar-refractivity contribution < 1.29 is 0 Å². The Morgan fingerprint density at radius 2 is 1.24 bits per heavy atom. The van der Waals surface area contributed by atoms with Gasteiger partial charge in [-0.3, -0.25) is 4.98 Å². The van der Waals surface area contributed by atoms with Crippen molar-refractivity contribution in [1.29, 1.82) is 0 Å². The Morgan fingerprint density at radius 3 is 1.95 bits per heavy atom. The maximum atomic E-state index is 5.30. The SMILES string of the molecule is CC(C)(C)c1ccc(C(C)(C)C)c(NC(c2cccc(-c3ccccc3)n2)c2cc3ccccc3c3ccccc23)c1. The first-order chi connectivity index (χ1) is 20.1. The first-order valence-electron chi connectivity index (χ1n) is 14.9. The summed E-state index contributed by atoms with van der Waals surface area (Å²) in [6.07, 6.45) is 0. The number of hydrogen-bond donors (Lipinski definition) is 1. The largest absolute Gasteiger partial charge is 0.373 e. The molecule has 1 heterocycles. The third-order valence-corrected chi connectivity index (χ3v) is 8.24. The van der Waals surface area contributed by atoms with Crippen molar-refractivity contribution in [2.75, 3.05) is 5.32 Å². The number of benzene rings is 5. The molecule has 0 fully saturated rings. The third-order valence-electron chi connectivity index (χ3n) is 8.24. The summed E-state index contributed by atoms with van der Waals surface area (Å²) in [4.78, 5) is 5.30. The van der Waals surface area contributed by atoms with Crippen molar-refractivity contribution in [3.63, 3.8) is 0 Å². The van der Waals surface area contributed by atoms with Crippen LogP contribution in [0, 0.1) is 0 Å². The number of aromatic nitrogens is 1. The van der Waals surface area contributed by atoms with Crippen molar-refractivity contribution in [3.8, 4) is 11.3 Å². The van der Waals surface area contributed by atoms with Crippen molar-refractivity contribution in [3.05, 3.63) is 144 Å². The van der Waals surface area contributed by atoms with E-state index < -0.39 is 0 Å². The van der Waals surface area contributed by atoms with Gasteiger partial charge >= 0.3 is 0 Å². The fraction of sp³-hybridized carbons (Fsp3) is 0.225. The molecule has 0 spiro atoms. The van der Waals surface area contributed by atoms with Gasteiger partial charge in [-0.2, -0.15) is 0 Å². The Bertz CT molecular complexity index is 1870. The van der Waals surface area contributed by atoms with E-state index in [1.807, 2.05) is 0 Å². The predicted molar refractivity (Wildman–Crippen MR) is 180 cm³/mol. The fourth-order valence-electron chi connectivity index (χ4n) is 5.95. The number of nitrogens with zero attached hydrogens (tertiary/aromatic N) is 1. The van der Waals surface area contributed by atoms with Crippen LogP contribution in [0.15, 0.2) is 121 Å². The minimum absolute atomic E-state index is 0.0312. The lowest BCUT2D eigenvalue weighted by Gasteiger charge is -2.30. The minimum Gasteiger partial charge on any atom is -0.373 e. The van der Waals surface area contributed by atoms with E-state index >= 15 is 0 Å². The molecule has 0 saturated carbocycles. The lowest BCUT2D eigenvalue weighted by atomic mass is 9.80. The molecular weight excluding hydrogens is 508 g/mol. The third kappa shape index (κ3) is 5.42. The van der Waals surface area contributed by atoms with Crippen LogP contribution in [0.25, 0.3) is 32.8 Å². The maximum absolute atomic E-state index is 5.30. The standard InChI is InChI=1S/C40H40N2/c1-39(2,3)29-23-24-34(40(4,5)6)37(26-29)42-38(36-22-14-21-35(41-36)27-15-8-7-9-16-27)33-25-28-17-10-11-18-30(28)31-19-12-13-20-32(31)33/h7-26,38,42H,1-6H3. The van der Waals surface area contributed by atoms with Crippen molar-refractivity contribution in [1.82, 2.24) is 4.98 Å². The van der Waals surface area contributed by atoms with Crippen LogP contribution in [0.5, 0.6) is 0 Å². The highest BCUT2D eigenvalue weighted by Crippen LogP contribution is 2.40. The molecule has 0 aliphatic carbocycles. The molecule has 0 aliphatic rings. The van der Waals surface area contributed by atoms with Crippen LogP contribution in [0.2, 0.25) is 0 Å². The zero-order valence-corrected chi connectivity index (χ0v) is 25.6. The molecule has 6 aromatic rings. The van der Waals surface area contributed by atoms with Gasteiger partial charge in [-0.05, 0) is 73.3 Å². The Kier molecular flexibility index (Phi) is 7.10. The van der Waals surface area contributed by atoms with Gasteiger partial charge in [0.25, 0.3) is 0 Å². The molecule has 2 nitrogen and oxygen atoms in total. The van der Waals surface area contributed by atoms with E-state index in [1.54, 1.807) is 0 Å². The molecule has 5 aromatic carbocycles. The summed E-state index contributed by atoms with van der Waals surface area (Å²) in [6, 6.07) is 43.5. The summed E-state index contributed by atoms with van der Waals surface area (Å²) in [5.41, 5.74) is 8.08. The molecule has 2 heteroatoms. The molecule has 0 amide bonds. The number of anilines is 1. The number of rotatable bonds is 5. The summed E-state index contributed by atoms with van der Waals surface area (Å²) in [5, 5.41) is 9.08. The summed E-state index contributed by atoms with van der Waals surface area (Å²) >= 11 is 0. The lowest BCUT2D eigenvalue weighted by Crippen LogP contribution is -2.21. The Labute approximate surface area is 250 Å². The molecule has 6 rings (SSSR count). The van der Waals surface area contributed by atoms with Crippen LogP contribution in [0.1, 0.15) is 70.0 Å². The second-order valence-electron chi connectivity index (χ2n) is 13.4. The molecule has 210 valence electrons. The van der Waals surface area contributed by atoms with Crippen LogP contribution in [0.3, 0.4) is 0 Å². The van der Waals surface area contributed by atoms with Crippen LogP contribution in [-0.2, 0) is 10.8 Å². The topological polar surface area (TPSA) is 24.9 Å². The highest BCUT2D eigenvalue weighted by molar-refractivity contribution is 6.09. The summed E-state index contributed by atoms with van der Waals surface area (Å²) in [7, 11) is 0. The second-order valence-corrected chi connectivity index (χ2v) is 13.4. The van der Waals surface area contributed by atoms with Crippen LogP contribution in [-0.4, -0.2) is 4.98 Å². The monoisotopic (exact) mass is 548 g/mol. The number of fused-ring (bicyclic) bond motifs is 3. The van der Waals surface area contributed by atoms with Gasteiger partial charge in [-0.25, -0.2) is 0 Å². The van der Waals surface area contributed by atoms with Crippen LogP contribution >= 0.6 is 0 Å². The summed E-state index contributed by atoms with van der Waals surface area (Å²) in [5.74, 6) is 0. The van der Waals surface area contributed by atoms with Crippen molar-refractivity contribution in [2.45, 2.75) is 58.4 Å². The molecule has 0 radical (unpaired) electrons. The van der Waals surface area contributed by atoms with Gasteiger partial charge in [-0.15, -0.1) is 0 Å². The van der Waals surface area contributed by atoms with Crippen molar-refractivity contribution >= 4 is 27.2 Å². The van der Waals surface area contributed by atoms with Gasteiger partial charge in [0.05, 0.1) is 17.4 Å². The Balaban J connectivity index is 1.62.